The van der Waals surface area contributed by atoms with Gasteiger partial charge >= 0.3 is 0 Å². The molecule has 0 saturated carbocycles. The summed E-state index contributed by atoms with van der Waals surface area (Å²) in [6.45, 7) is 5.38. The highest BCUT2D eigenvalue weighted by Crippen LogP contribution is 2.40. The van der Waals surface area contributed by atoms with Crippen molar-refractivity contribution in [2.24, 2.45) is 17.4 Å². The molecule has 22 heavy (non-hydrogen) atoms. The number of nitro groups is 2. The summed E-state index contributed by atoms with van der Waals surface area (Å²) >= 11 is 0. The third kappa shape index (κ3) is 2.96. The average Bonchev–Trinajstić information content (AvgIpc) is 2.42. The summed E-state index contributed by atoms with van der Waals surface area (Å²) in [7, 11) is 0. The molecule has 8 heteroatoms. The van der Waals surface area contributed by atoms with Crippen LogP contribution in [0.3, 0.4) is 0 Å². The fraction of sp³-hybridized carbons (Fsp3) is 0.714. The first-order valence-corrected chi connectivity index (χ1v) is 7.46. The maximum Gasteiger partial charge on any atom is 0.280 e. The molecule has 1 aliphatic rings. The van der Waals surface area contributed by atoms with Gasteiger partial charge in [0.2, 0.25) is 0 Å². The molecule has 2 atom stereocenters. The van der Waals surface area contributed by atoms with Crippen LogP contribution in [0.15, 0.2) is 23.0 Å². The van der Waals surface area contributed by atoms with Crippen LogP contribution >= 0.6 is 0 Å². The van der Waals surface area contributed by atoms with Gasteiger partial charge in [-0.1, -0.05) is 26.7 Å². The number of nitrogens with zero attached hydrogens (tertiary/aromatic N) is 2. The lowest BCUT2D eigenvalue weighted by Gasteiger charge is -2.38. The van der Waals surface area contributed by atoms with Gasteiger partial charge in [0, 0.05) is 11.0 Å². The number of hydrogen-bond donors (Lipinski definition) is 2. The second kappa shape index (κ2) is 6.87. The van der Waals surface area contributed by atoms with Gasteiger partial charge in [-0.05, 0) is 31.3 Å². The van der Waals surface area contributed by atoms with Crippen LogP contribution < -0.4 is 11.5 Å². The minimum atomic E-state index is -1.69. The van der Waals surface area contributed by atoms with Gasteiger partial charge in [-0.2, -0.15) is 0 Å². The Kier molecular flexibility index (Phi) is 5.65. The van der Waals surface area contributed by atoms with Crippen molar-refractivity contribution in [1.29, 1.82) is 0 Å². The Balaban J connectivity index is 3.55. The van der Waals surface area contributed by atoms with Crippen LogP contribution in [0, 0.1) is 26.1 Å². The van der Waals surface area contributed by atoms with Crippen molar-refractivity contribution in [3.8, 4) is 0 Å². The quantitative estimate of drug-likeness (QED) is 0.544. The summed E-state index contributed by atoms with van der Waals surface area (Å²) in [5.41, 5.74) is 10.6. The maximum atomic E-state index is 11.6. The van der Waals surface area contributed by atoms with Gasteiger partial charge < -0.3 is 11.5 Å². The van der Waals surface area contributed by atoms with E-state index in [-0.39, 0.29) is 17.3 Å². The number of hydrogen-bond acceptors (Lipinski definition) is 6. The van der Waals surface area contributed by atoms with Crippen LogP contribution in [0.25, 0.3) is 0 Å². The zero-order valence-electron chi connectivity index (χ0n) is 13.2. The summed E-state index contributed by atoms with van der Waals surface area (Å²) in [6.07, 6.45) is 3.91. The molecule has 0 aromatic carbocycles. The molecule has 1 rings (SSSR count). The predicted octanol–water partition coefficient (Wildman–Crippen LogP) is 1.95. The van der Waals surface area contributed by atoms with Gasteiger partial charge in [0.15, 0.2) is 5.54 Å². The lowest BCUT2D eigenvalue weighted by molar-refractivity contribution is -0.536. The Bertz CT molecular complexity index is 523. The second-order valence-electron chi connectivity index (χ2n) is 5.82. The van der Waals surface area contributed by atoms with Crippen LogP contribution in [0.2, 0.25) is 0 Å². The molecule has 124 valence electrons. The van der Waals surface area contributed by atoms with E-state index in [0.717, 1.165) is 12.8 Å². The Morgan fingerprint density at radius 3 is 2.14 bits per heavy atom. The van der Waals surface area contributed by atoms with Crippen LogP contribution in [0.1, 0.15) is 46.5 Å². The molecule has 0 aliphatic heterocycles. The highest BCUT2D eigenvalue weighted by atomic mass is 16.6. The predicted molar refractivity (Wildman–Crippen MR) is 83.0 cm³/mol. The fourth-order valence-electron chi connectivity index (χ4n) is 3.28. The van der Waals surface area contributed by atoms with E-state index in [0.29, 0.717) is 18.4 Å². The van der Waals surface area contributed by atoms with E-state index in [1.807, 2.05) is 13.8 Å². The van der Waals surface area contributed by atoms with Crippen LogP contribution in [-0.4, -0.2) is 21.4 Å². The number of rotatable bonds is 7. The average molecular weight is 312 g/mol. The van der Waals surface area contributed by atoms with E-state index in [1.54, 1.807) is 0 Å². The first-order chi connectivity index (χ1) is 10.2. The smallest absolute Gasteiger partial charge is 0.280 e. The Hall–Kier alpha value is -1.96. The van der Waals surface area contributed by atoms with Crippen LogP contribution in [-0.2, 0) is 0 Å². The molecule has 0 aromatic rings. The summed E-state index contributed by atoms with van der Waals surface area (Å²) in [5, 5.41) is 23.0. The van der Waals surface area contributed by atoms with Gasteiger partial charge in [0.25, 0.3) is 11.7 Å². The molecule has 0 bridgehead atoms. The van der Waals surface area contributed by atoms with E-state index in [2.05, 4.69) is 0 Å². The van der Waals surface area contributed by atoms with Crippen molar-refractivity contribution in [3.63, 3.8) is 0 Å². The molecule has 0 spiro atoms. The third-order valence-corrected chi connectivity index (χ3v) is 4.36. The van der Waals surface area contributed by atoms with Crippen molar-refractivity contribution in [3.05, 3.63) is 43.3 Å². The van der Waals surface area contributed by atoms with Crippen molar-refractivity contribution in [2.75, 3.05) is 0 Å². The summed E-state index contributed by atoms with van der Waals surface area (Å²) in [5.74, 6) is -0.374. The molecule has 0 amide bonds. The molecule has 4 N–H and O–H groups in total. The van der Waals surface area contributed by atoms with Crippen molar-refractivity contribution >= 4 is 0 Å². The summed E-state index contributed by atoms with van der Waals surface area (Å²) < 4.78 is 0. The Morgan fingerprint density at radius 1 is 1.27 bits per heavy atom. The third-order valence-electron chi connectivity index (χ3n) is 4.36. The number of nitrogens with two attached hydrogens (primary N) is 2. The normalized spacial score (nSPS) is 25.3. The van der Waals surface area contributed by atoms with E-state index >= 15 is 0 Å². The van der Waals surface area contributed by atoms with Gasteiger partial charge in [-0.25, -0.2) is 0 Å². The molecule has 8 nitrogen and oxygen atoms in total. The zero-order valence-corrected chi connectivity index (χ0v) is 13.2. The molecule has 0 fully saturated rings. The van der Waals surface area contributed by atoms with Crippen molar-refractivity contribution < 1.29 is 9.85 Å². The van der Waals surface area contributed by atoms with Gasteiger partial charge in [0.1, 0.15) is 0 Å². The maximum absolute atomic E-state index is 11.6. The number of allylic oxidation sites excluding steroid dienone is 2. The second-order valence-corrected chi connectivity index (χ2v) is 5.82. The minimum absolute atomic E-state index is 0.00954. The minimum Gasteiger partial charge on any atom is -0.396 e. The summed E-state index contributed by atoms with van der Waals surface area (Å²) in [6, 6.07) is -1.47. The van der Waals surface area contributed by atoms with E-state index < -0.39 is 21.4 Å². The molecule has 0 heterocycles. The lowest BCUT2D eigenvalue weighted by atomic mass is 9.68. The van der Waals surface area contributed by atoms with E-state index in [1.165, 1.54) is 13.0 Å². The van der Waals surface area contributed by atoms with E-state index in [9.17, 15) is 20.2 Å². The highest BCUT2D eigenvalue weighted by molar-refractivity contribution is 5.40. The molecule has 0 radical (unpaired) electrons. The molecule has 0 saturated heterocycles. The zero-order chi connectivity index (χ0) is 17.1. The standard InChI is InChI=1S/C14H24N4O4/c1-4-6-10(7-5-2)14(16)11(17(19)20)8-9(3)12(15)13(14)18(21)22/h8,10,13H,4-7,15-16H2,1-3H3. The fourth-order valence-corrected chi connectivity index (χ4v) is 3.28. The topological polar surface area (TPSA) is 138 Å². The van der Waals surface area contributed by atoms with Crippen molar-refractivity contribution in [2.45, 2.75) is 58.0 Å². The molecule has 1 aliphatic carbocycles. The molecular formula is C14H24N4O4. The molecule has 0 aromatic heterocycles. The van der Waals surface area contributed by atoms with Crippen LogP contribution in [0.5, 0.6) is 0 Å². The highest BCUT2D eigenvalue weighted by Gasteiger charge is 2.60. The Labute approximate surface area is 129 Å². The van der Waals surface area contributed by atoms with Gasteiger partial charge in [-0.3, -0.25) is 20.2 Å². The Morgan fingerprint density at radius 2 is 1.77 bits per heavy atom. The van der Waals surface area contributed by atoms with Gasteiger partial charge in [0.05, 0.1) is 10.6 Å². The van der Waals surface area contributed by atoms with Crippen LogP contribution in [0.4, 0.5) is 0 Å². The first-order valence-electron chi connectivity index (χ1n) is 7.46. The summed E-state index contributed by atoms with van der Waals surface area (Å²) in [4.78, 5) is 21.8. The molecular weight excluding hydrogens is 288 g/mol. The molecule has 2 unspecified atom stereocenters. The van der Waals surface area contributed by atoms with Crippen molar-refractivity contribution in [1.82, 2.24) is 0 Å². The lowest BCUT2D eigenvalue weighted by Crippen LogP contribution is -2.64. The SMILES string of the molecule is CCCC(CCC)C1(N)C([N+](=O)[O-])=CC(C)=C(N)C1[N+](=O)[O-]. The largest absolute Gasteiger partial charge is 0.396 e. The van der Waals surface area contributed by atoms with Gasteiger partial charge in [-0.15, -0.1) is 0 Å². The van der Waals surface area contributed by atoms with E-state index in [4.69, 9.17) is 11.5 Å². The monoisotopic (exact) mass is 312 g/mol. The first kappa shape index (κ1) is 18.1.